The molecule has 0 N–H and O–H groups in total. The van der Waals surface area contributed by atoms with Gasteiger partial charge in [-0.15, -0.1) is 0 Å². The van der Waals surface area contributed by atoms with Gasteiger partial charge in [0.15, 0.2) is 11.5 Å². The van der Waals surface area contributed by atoms with Crippen molar-refractivity contribution in [3.05, 3.63) is 28.7 Å². The van der Waals surface area contributed by atoms with Crippen LogP contribution < -0.4 is 0 Å². The Morgan fingerprint density at radius 1 is 1.50 bits per heavy atom. The maximum Gasteiger partial charge on any atom is 0.174 e. The van der Waals surface area contributed by atoms with Gasteiger partial charge in [-0.3, -0.25) is 0 Å². The van der Waals surface area contributed by atoms with E-state index in [-0.39, 0.29) is 0 Å². The van der Waals surface area contributed by atoms with Gasteiger partial charge in [-0.1, -0.05) is 11.6 Å². The highest BCUT2D eigenvalue weighted by Crippen LogP contribution is 2.38. The normalized spacial score (nSPS) is 16.4. The van der Waals surface area contributed by atoms with Gasteiger partial charge < -0.3 is 0 Å². The summed E-state index contributed by atoms with van der Waals surface area (Å²) in [5.74, 6) is 1.52. The number of halogens is 1. The van der Waals surface area contributed by atoms with Gasteiger partial charge in [0.25, 0.3) is 0 Å². The molecule has 0 amide bonds. The van der Waals surface area contributed by atoms with Gasteiger partial charge in [-0.2, -0.15) is 5.10 Å². The standard InChI is InChI=1S/C10H10ClN3/c1-6-4-5-14-10(8(6)11)12-9(13-14)7-2-3-7/h4-5,7H,2-3H2,1H3. The number of fused-ring (bicyclic) bond motifs is 1. The van der Waals surface area contributed by atoms with Crippen LogP contribution in [0.4, 0.5) is 0 Å². The predicted octanol–water partition coefficient (Wildman–Crippen LogP) is 2.57. The van der Waals surface area contributed by atoms with E-state index in [9.17, 15) is 0 Å². The highest BCUT2D eigenvalue weighted by Gasteiger charge is 2.28. The zero-order valence-electron chi connectivity index (χ0n) is 7.87. The number of rotatable bonds is 1. The summed E-state index contributed by atoms with van der Waals surface area (Å²) in [6.45, 7) is 1.98. The number of nitrogens with zero attached hydrogens (tertiary/aromatic N) is 3. The minimum absolute atomic E-state index is 0.575. The zero-order valence-corrected chi connectivity index (χ0v) is 8.62. The lowest BCUT2D eigenvalue weighted by Gasteiger charge is -1.96. The molecular weight excluding hydrogens is 198 g/mol. The van der Waals surface area contributed by atoms with Crippen molar-refractivity contribution in [2.24, 2.45) is 0 Å². The molecule has 1 aliphatic carbocycles. The largest absolute Gasteiger partial charge is 0.219 e. The lowest BCUT2D eigenvalue weighted by Crippen LogP contribution is -1.89. The molecular formula is C10H10ClN3. The topological polar surface area (TPSA) is 30.2 Å². The van der Waals surface area contributed by atoms with Crippen LogP contribution in [-0.4, -0.2) is 14.6 Å². The second-order valence-corrected chi connectivity index (χ2v) is 4.20. The Labute approximate surface area is 86.7 Å². The molecule has 0 aromatic carbocycles. The van der Waals surface area contributed by atoms with Gasteiger partial charge in [-0.25, -0.2) is 9.50 Å². The lowest BCUT2D eigenvalue weighted by molar-refractivity contribution is 0.877. The fraction of sp³-hybridized carbons (Fsp3) is 0.400. The van der Waals surface area contributed by atoms with Gasteiger partial charge in [0, 0.05) is 12.1 Å². The molecule has 0 radical (unpaired) electrons. The first kappa shape index (κ1) is 8.24. The van der Waals surface area contributed by atoms with Crippen molar-refractivity contribution in [1.82, 2.24) is 14.6 Å². The number of aromatic nitrogens is 3. The maximum atomic E-state index is 6.14. The molecule has 72 valence electrons. The van der Waals surface area contributed by atoms with Crippen molar-refractivity contribution in [3.8, 4) is 0 Å². The maximum absolute atomic E-state index is 6.14. The second kappa shape index (κ2) is 2.70. The Balaban J connectivity index is 2.26. The minimum atomic E-state index is 0.575. The van der Waals surface area contributed by atoms with Gasteiger partial charge in [-0.05, 0) is 31.4 Å². The third kappa shape index (κ3) is 1.12. The average molecular weight is 208 g/mol. The van der Waals surface area contributed by atoms with Crippen LogP contribution in [0.15, 0.2) is 12.3 Å². The first-order valence-electron chi connectivity index (χ1n) is 4.77. The van der Waals surface area contributed by atoms with Crippen LogP contribution in [-0.2, 0) is 0 Å². The van der Waals surface area contributed by atoms with Gasteiger partial charge >= 0.3 is 0 Å². The lowest BCUT2D eigenvalue weighted by atomic mass is 10.3. The molecule has 4 heteroatoms. The van der Waals surface area contributed by atoms with Crippen LogP contribution >= 0.6 is 11.6 Å². The van der Waals surface area contributed by atoms with Crippen molar-refractivity contribution in [3.63, 3.8) is 0 Å². The van der Waals surface area contributed by atoms with E-state index in [2.05, 4.69) is 10.1 Å². The predicted molar refractivity (Wildman–Crippen MR) is 54.7 cm³/mol. The van der Waals surface area contributed by atoms with Crippen molar-refractivity contribution in [2.75, 3.05) is 0 Å². The summed E-state index contributed by atoms with van der Waals surface area (Å²) < 4.78 is 1.77. The first-order valence-corrected chi connectivity index (χ1v) is 5.15. The third-order valence-electron chi connectivity index (χ3n) is 2.60. The highest BCUT2D eigenvalue weighted by molar-refractivity contribution is 6.34. The van der Waals surface area contributed by atoms with Gasteiger partial charge in [0.05, 0.1) is 5.02 Å². The highest BCUT2D eigenvalue weighted by atomic mass is 35.5. The molecule has 3 rings (SSSR count). The molecule has 2 aromatic rings. The molecule has 1 saturated carbocycles. The minimum Gasteiger partial charge on any atom is -0.219 e. The van der Waals surface area contributed by atoms with Crippen molar-refractivity contribution in [1.29, 1.82) is 0 Å². The molecule has 2 aromatic heterocycles. The summed E-state index contributed by atoms with van der Waals surface area (Å²) in [6.07, 6.45) is 4.34. The smallest absolute Gasteiger partial charge is 0.174 e. The van der Waals surface area contributed by atoms with Crippen molar-refractivity contribution < 1.29 is 0 Å². The second-order valence-electron chi connectivity index (χ2n) is 3.83. The SMILES string of the molecule is Cc1ccn2nc(C3CC3)nc2c1Cl. The van der Waals surface area contributed by atoms with Crippen LogP contribution in [0, 0.1) is 6.92 Å². The van der Waals surface area contributed by atoms with E-state index in [4.69, 9.17) is 11.6 Å². The summed E-state index contributed by atoms with van der Waals surface area (Å²) >= 11 is 6.14. The summed E-state index contributed by atoms with van der Waals surface area (Å²) in [7, 11) is 0. The molecule has 0 unspecified atom stereocenters. The molecule has 2 heterocycles. The number of aryl methyl sites for hydroxylation is 1. The molecule has 1 aliphatic rings. The summed E-state index contributed by atoms with van der Waals surface area (Å²) in [4.78, 5) is 4.46. The zero-order chi connectivity index (χ0) is 9.71. The van der Waals surface area contributed by atoms with Crippen molar-refractivity contribution >= 4 is 17.2 Å². The van der Waals surface area contributed by atoms with Gasteiger partial charge in [0.2, 0.25) is 0 Å². The first-order chi connectivity index (χ1) is 6.75. The monoisotopic (exact) mass is 207 g/mol. The Morgan fingerprint density at radius 3 is 3.00 bits per heavy atom. The van der Waals surface area contributed by atoms with Crippen LogP contribution in [0.1, 0.15) is 30.1 Å². The molecule has 14 heavy (non-hydrogen) atoms. The summed E-state index contributed by atoms with van der Waals surface area (Å²) in [6, 6.07) is 1.96. The van der Waals surface area contributed by atoms with Gasteiger partial charge in [0.1, 0.15) is 0 Å². The molecule has 0 atom stereocenters. The number of pyridine rings is 1. The summed E-state index contributed by atoms with van der Waals surface area (Å²) in [5.41, 5.74) is 1.84. The van der Waals surface area contributed by atoms with E-state index in [1.54, 1.807) is 4.52 Å². The fourth-order valence-corrected chi connectivity index (χ4v) is 1.73. The molecule has 1 fully saturated rings. The van der Waals surface area contributed by atoms with Crippen LogP contribution in [0.3, 0.4) is 0 Å². The van der Waals surface area contributed by atoms with Crippen LogP contribution in [0.5, 0.6) is 0 Å². The van der Waals surface area contributed by atoms with E-state index in [1.165, 1.54) is 12.8 Å². The molecule has 0 aliphatic heterocycles. The fourth-order valence-electron chi connectivity index (χ4n) is 1.54. The Hall–Kier alpha value is -1.09. The summed E-state index contributed by atoms with van der Waals surface area (Å²) in [5, 5.41) is 5.11. The van der Waals surface area contributed by atoms with E-state index in [0.29, 0.717) is 10.9 Å². The molecule has 0 spiro atoms. The Morgan fingerprint density at radius 2 is 2.29 bits per heavy atom. The Kier molecular flexibility index (Phi) is 1.59. The van der Waals surface area contributed by atoms with Crippen LogP contribution in [0.2, 0.25) is 5.02 Å². The number of hydrogen-bond acceptors (Lipinski definition) is 2. The van der Waals surface area contributed by atoms with Crippen LogP contribution in [0.25, 0.3) is 5.65 Å². The molecule has 3 nitrogen and oxygen atoms in total. The van der Waals surface area contributed by atoms with E-state index in [1.807, 2.05) is 19.2 Å². The molecule has 0 bridgehead atoms. The molecule has 0 saturated heterocycles. The average Bonchev–Trinajstić information content (AvgIpc) is 2.93. The van der Waals surface area contributed by atoms with E-state index in [0.717, 1.165) is 17.0 Å². The van der Waals surface area contributed by atoms with Crippen molar-refractivity contribution in [2.45, 2.75) is 25.7 Å². The number of hydrogen-bond donors (Lipinski definition) is 0. The van der Waals surface area contributed by atoms with E-state index < -0.39 is 0 Å². The Bertz CT molecular complexity index is 499. The van der Waals surface area contributed by atoms with E-state index >= 15 is 0 Å². The quantitative estimate of drug-likeness (QED) is 0.720. The third-order valence-corrected chi connectivity index (χ3v) is 3.07.